The largest absolute Gasteiger partial charge is 0.501 e. The first kappa shape index (κ1) is 16.9. The van der Waals surface area contributed by atoms with Crippen molar-refractivity contribution >= 4 is 20.1 Å². The van der Waals surface area contributed by atoms with Crippen molar-refractivity contribution in [2.24, 2.45) is 5.92 Å². The van der Waals surface area contributed by atoms with Gasteiger partial charge in [-0.15, -0.1) is 11.3 Å². The van der Waals surface area contributed by atoms with E-state index in [-0.39, 0.29) is 0 Å². The third kappa shape index (κ3) is 5.75. The smallest absolute Gasteiger partial charge is 0.374 e. The van der Waals surface area contributed by atoms with Crippen LogP contribution in [0.2, 0.25) is 6.04 Å². The molecule has 3 nitrogen and oxygen atoms in total. The zero-order valence-electron chi connectivity index (χ0n) is 12.5. The Morgan fingerprint density at radius 3 is 2.11 bits per heavy atom. The highest BCUT2D eigenvalue weighted by Gasteiger charge is 2.41. The van der Waals surface area contributed by atoms with Crippen LogP contribution in [-0.4, -0.2) is 28.6 Å². The molecule has 1 rings (SSSR count). The van der Waals surface area contributed by atoms with Gasteiger partial charge in [0, 0.05) is 30.7 Å². The Hall–Kier alpha value is -0.203. The maximum Gasteiger partial charge on any atom is 0.501 e. The monoisotopic (exact) mass is 302 g/mol. The molecule has 0 saturated carbocycles. The van der Waals surface area contributed by atoms with Gasteiger partial charge in [-0.05, 0) is 44.6 Å². The lowest BCUT2D eigenvalue weighted by Gasteiger charge is -2.30. The van der Waals surface area contributed by atoms with Crippen molar-refractivity contribution in [3.05, 3.63) is 22.4 Å². The Bertz CT molecular complexity index is 312. The highest BCUT2D eigenvalue weighted by Crippen LogP contribution is 2.25. The molecule has 1 aromatic heterocycles. The van der Waals surface area contributed by atoms with E-state index in [9.17, 15) is 0 Å². The molecule has 0 N–H and O–H groups in total. The summed E-state index contributed by atoms with van der Waals surface area (Å²) >= 11 is 1.81. The normalized spacial score (nSPS) is 13.7. The number of rotatable bonds is 10. The van der Waals surface area contributed by atoms with Gasteiger partial charge in [0.1, 0.15) is 0 Å². The van der Waals surface area contributed by atoms with Crippen molar-refractivity contribution in [2.75, 3.05) is 19.8 Å². The van der Waals surface area contributed by atoms with Gasteiger partial charge in [-0.3, -0.25) is 0 Å². The summed E-state index contributed by atoms with van der Waals surface area (Å²) in [5.41, 5.74) is 0. The Balaban J connectivity index is 2.63. The highest BCUT2D eigenvalue weighted by molar-refractivity contribution is 7.09. The fraction of sp³-hybridized carbons (Fsp3) is 0.714. The summed E-state index contributed by atoms with van der Waals surface area (Å²) in [5, 5.41) is 2.13. The predicted octanol–water partition coefficient (Wildman–Crippen LogP) is 3.98. The highest BCUT2D eigenvalue weighted by atomic mass is 32.1. The molecule has 0 aromatic carbocycles. The van der Waals surface area contributed by atoms with Crippen LogP contribution in [0.25, 0.3) is 0 Å². The third-order valence-electron chi connectivity index (χ3n) is 2.82. The molecule has 1 unspecified atom stereocenters. The molecular weight excluding hydrogens is 276 g/mol. The van der Waals surface area contributed by atoms with Gasteiger partial charge in [0.2, 0.25) is 0 Å². The summed E-state index contributed by atoms with van der Waals surface area (Å²) in [7, 11) is -2.49. The van der Waals surface area contributed by atoms with Gasteiger partial charge in [0.15, 0.2) is 0 Å². The van der Waals surface area contributed by atoms with Crippen LogP contribution in [-0.2, 0) is 19.7 Å². The molecule has 0 saturated heterocycles. The van der Waals surface area contributed by atoms with Gasteiger partial charge >= 0.3 is 8.80 Å². The van der Waals surface area contributed by atoms with E-state index in [4.69, 9.17) is 13.3 Å². The summed E-state index contributed by atoms with van der Waals surface area (Å²) < 4.78 is 17.7. The molecule has 1 heterocycles. The molecule has 0 aliphatic heterocycles. The van der Waals surface area contributed by atoms with Crippen LogP contribution in [0.15, 0.2) is 17.5 Å². The lowest BCUT2D eigenvalue weighted by Crippen LogP contribution is -2.47. The molecule has 5 heteroatoms. The fourth-order valence-electron chi connectivity index (χ4n) is 2.23. The maximum atomic E-state index is 5.90. The molecule has 110 valence electrons. The maximum absolute atomic E-state index is 5.90. The molecule has 0 spiro atoms. The molecule has 0 amide bonds. The van der Waals surface area contributed by atoms with Crippen LogP contribution >= 0.6 is 11.3 Å². The van der Waals surface area contributed by atoms with E-state index < -0.39 is 8.80 Å². The van der Waals surface area contributed by atoms with E-state index in [1.807, 2.05) is 32.1 Å². The van der Waals surface area contributed by atoms with E-state index >= 15 is 0 Å². The first-order valence-electron chi connectivity index (χ1n) is 7.10. The summed E-state index contributed by atoms with van der Waals surface area (Å²) in [6, 6.07) is 5.18. The van der Waals surface area contributed by atoms with Crippen LogP contribution in [0.4, 0.5) is 0 Å². The minimum Gasteiger partial charge on any atom is -0.374 e. The van der Waals surface area contributed by atoms with Crippen LogP contribution in [0.3, 0.4) is 0 Å². The molecule has 1 aromatic rings. The summed E-state index contributed by atoms with van der Waals surface area (Å²) in [6.45, 7) is 10.2. The molecule has 0 fully saturated rings. The van der Waals surface area contributed by atoms with Crippen molar-refractivity contribution in [3.8, 4) is 0 Å². The Morgan fingerprint density at radius 1 is 1.11 bits per heavy atom. The van der Waals surface area contributed by atoms with Gasteiger partial charge in [0.25, 0.3) is 0 Å². The van der Waals surface area contributed by atoms with E-state index in [0.29, 0.717) is 25.7 Å². The van der Waals surface area contributed by atoms with Crippen LogP contribution < -0.4 is 0 Å². The number of hydrogen-bond donors (Lipinski definition) is 0. The van der Waals surface area contributed by atoms with Gasteiger partial charge in [-0.1, -0.05) is 13.0 Å². The second-order valence-electron chi connectivity index (χ2n) is 4.57. The topological polar surface area (TPSA) is 27.7 Å². The quantitative estimate of drug-likeness (QED) is 0.612. The van der Waals surface area contributed by atoms with E-state index in [0.717, 1.165) is 12.5 Å². The van der Waals surface area contributed by atoms with Crippen molar-refractivity contribution in [2.45, 2.75) is 40.2 Å². The average molecular weight is 303 g/mol. The summed E-state index contributed by atoms with van der Waals surface area (Å²) in [5.74, 6) is 0.509. The minimum absolute atomic E-state index is 0.509. The molecule has 0 bridgehead atoms. The minimum atomic E-state index is -2.49. The number of hydrogen-bond acceptors (Lipinski definition) is 4. The van der Waals surface area contributed by atoms with E-state index in [2.05, 4.69) is 24.4 Å². The van der Waals surface area contributed by atoms with Crippen molar-refractivity contribution in [3.63, 3.8) is 0 Å². The van der Waals surface area contributed by atoms with Gasteiger partial charge in [-0.2, -0.15) is 0 Å². The second kappa shape index (κ2) is 8.87. The van der Waals surface area contributed by atoms with Crippen LogP contribution in [0.5, 0.6) is 0 Å². The molecule has 19 heavy (non-hydrogen) atoms. The summed E-state index contributed by atoms with van der Waals surface area (Å²) in [4.78, 5) is 1.42. The van der Waals surface area contributed by atoms with Gasteiger partial charge in [-0.25, -0.2) is 0 Å². The van der Waals surface area contributed by atoms with Crippen LogP contribution in [0.1, 0.15) is 32.6 Å². The van der Waals surface area contributed by atoms with E-state index in [1.165, 1.54) is 4.88 Å². The van der Waals surface area contributed by atoms with Crippen LogP contribution in [0, 0.1) is 5.92 Å². The molecule has 0 aliphatic rings. The van der Waals surface area contributed by atoms with Gasteiger partial charge in [0.05, 0.1) is 0 Å². The zero-order chi connectivity index (χ0) is 14.1. The molecule has 1 atom stereocenters. The molecule has 0 radical (unpaired) electrons. The Labute approximate surface area is 122 Å². The predicted molar refractivity (Wildman–Crippen MR) is 82.6 cm³/mol. The molecular formula is C14H26O3SSi. The Morgan fingerprint density at radius 2 is 1.68 bits per heavy atom. The van der Waals surface area contributed by atoms with Crippen molar-refractivity contribution < 1.29 is 13.3 Å². The van der Waals surface area contributed by atoms with Crippen molar-refractivity contribution in [1.82, 2.24) is 0 Å². The average Bonchev–Trinajstić information content (AvgIpc) is 2.82. The lowest BCUT2D eigenvalue weighted by molar-refractivity contribution is 0.0677. The Kier molecular flexibility index (Phi) is 7.86. The van der Waals surface area contributed by atoms with Crippen molar-refractivity contribution in [1.29, 1.82) is 0 Å². The first-order valence-corrected chi connectivity index (χ1v) is 9.91. The van der Waals surface area contributed by atoms with Gasteiger partial charge < -0.3 is 13.3 Å². The molecule has 0 aliphatic carbocycles. The number of thiophene rings is 1. The second-order valence-corrected chi connectivity index (χ2v) is 8.25. The fourth-order valence-corrected chi connectivity index (χ4v) is 6.02. The SMILES string of the molecule is CCO[Si](CC(C)Cc1cccs1)(OCC)OCC. The standard InChI is InChI=1S/C14H26O3SSi/c1-5-15-19(16-6-2,17-7-3)12-13(4)11-14-9-8-10-18-14/h8-10,13H,5-7,11-12H2,1-4H3. The summed E-state index contributed by atoms with van der Waals surface area (Å²) in [6.07, 6.45) is 1.07. The van der Waals surface area contributed by atoms with E-state index in [1.54, 1.807) is 0 Å². The zero-order valence-corrected chi connectivity index (χ0v) is 14.3. The third-order valence-corrected chi connectivity index (χ3v) is 7.10. The lowest BCUT2D eigenvalue weighted by atomic mass is 10.1. The first-order chi connectivity index (χ1) is 9.15.